The van der Waals surface area contributed by atoms with E-state index in [4.69, 9.17) is 15.2 Å². The second-order valence-corrected chi connectivity index (χ2v) is 15.2. The van der Waals surface area contributed by atoms with Gasteiger partial charge >= 0.3 is 5.97 Å². The number of piperidine rings is 1. The lowest BCUT2D eigenvalue weighted by atomic mass is 9.86. The number of aliphatic carboxylic acids is 1. The third kappa shape index (κ3) is 11.8. The maximum Gasteiger partial charge on any atom is 0.317 e. The number of carboxylic acids is 1. The van der Waals surface area contributed by atoms with Gasteiger partial charge in [-0.15, -0.1) is 0 Å². The highest BCUT2D eigenvalue weighted by atomic mass is 16.5. The summed E-state index contributed by atoms with van der Waals surface area (Å²) in [4.78, 5) is 72.7. The molecule has 0 spiro atoms. The molecule has 2 bridgehead atoms. The number of carbonyl (C=O) groups is 5. The first-order valence-corrected chi connectivity index (χ1v) is 19.9. The van der Waals surface area contributed by atoms with Crippen LogP contribution in [0.4, 0.5) is 0 Å². The Labute approximate surface area is 329 Å². The van der Waals surface area contributed by atoms with Crippen LogP contribution in [-0.2, 0) is 46.3 Å². The summed E-state index contributed by atoms with van der Waals surface area (Å²) in [5, 5.41) is 18.5. The number of likely N-dealkylation sites (tertiary alicyclic amines) is 3. The molecule has 7 atom stereocenters. The Hall–Kier alpha value is -4.41. The lowest BCUT2D eigenvalue weighted by molar-refractivity contribution is -0.164. The molecule has 3 heterocycles. The molecule has 3 aliphatic rings. The number of hydrogen-bond acceptors (Lipinski definition) is 10. The van der Waals surface area contributed by atoms with Crippen LogP contribution in [0.2, 0.25) is 0 Å². The molecule has 2 aromatic rings. The van der Waals surface area contributed by atoms with Crippen molar-refractivity contribution in [3.8, 4) is 0 Å². The molecule has 0 aliphatic carbocycles. The first kappa shape index (κ1) is 42.7. The number of unbranched alkanes of at least 4 members (excludes halogenated alkanes) is 1. The molecule has 56 heavy (non-hydrogen) atoms. The molecule has 0 radical (unpaired) electrons. The monoisotopic (exact) mass is 777 g/mol. The summed E-state index contributed by atoms with van der Waals surface area (Å²) in [6, 6.07) is 14.7. The summed E-state index contributed by atoms with van der Waals surface area (Å²) in [7, 11) is 1.63. The minimum Gasteiger partial charge on any atom is -0.480 e. The van der Waals surface area contributed by atoms with Crippen LogP contribution in [0.1, 0.15) is 50.2 Å². The van der Waals surface area contributed by atoms with Crippen LogP contribution in [0, 0.1) is 0 Å². The van der Waals surface area contributed by atoms with Crippen LogP contribution < -0.4 is 21.7 Å². The number of carboxylic acid groups (broad SMARTS) is 1. The molecule has 3 aliphatic heterocycles. The van der Waals surface area contributed by atoms with E-state index in [-0.39, 0.29) is 42.9 Å². The quantitative estimate of drug-likeness (QED) is 0.0990. The number of nitrogens with one attached hydrogen (secondary N) is 3. The first-order valence-electron chi connectivity index (χ1n) is 19.9. The average molecular weight is 778 g/mol. The van der Waals surface area contributed by atoms with E-state index in [2.05, 4.69) is 16.0 Å². The van der Waals surface area contributed by atoms with Crippen molar-refractivity contribution in [2.75, 3.05) is 59.7 Å². The van der Waals surface area contributed by atoms with Gasteiger partial charge in [-0.1, -0.05) is 60.7 Å². The fraction of sp³-hybridized carbons (Fsp3) is 0.585. The first-order chi connectivity index (χ1) is 27.0. The van der Waals surface area contributed by atoms with E-state index in [0.717, 1.165) is 30.5 Å². The molecule has 15 heteroatoms. The number of carbonyl (C=O) groups excluding carboxylic acids is 4. The third-order valence-corrected chi connectivity index (χ3v) is 10.9. The molecular weight excluding hydrogens is 718 g/mol. The molecule has 6 N–H and O–H groups in total. The fourth-order valence-electron chi connectivity index (χ4n) is 8.14. The maximum atomic E-state index is 14.4. The van der Waals surface area contributed by atoms with Gasteiger partial charge in [-0.3, -0.25) is 28.9 Å². The largest absolute Gasteiger partial charge is 0.480 e. The van der Waals surface area contributed by atoms with Crippen LogP contribution in [0.3, 0.4) is 0 Å². The maximum absolute atomic E-state index is 14.4. The van der Waals surface area contributed by atoms with E-state index in [1.54, 1.807) is 12.0 Å². The van der Waals surface area contributed by atoms with Gasteiger partial charge in [-0.25, -0.2) is 0 Å². The molecule has 2 aromatic carbocycles. The van der Waals surface area contributed by atoms with Crippen molar-refractivity contribution in [3.63, 3.8) is 0 Å². The van der Waals surface area contributed by atoms with Gasteiger partial charge in [0.05, 0.1) is 32.4 Å². The summed E-state index contributed by atoms with van der Waals surface area (Å²) in [5.41, 5.74) is 8.02. The number of methoxy groups -OCH3 is 1. The second-order valence-electron chi connectivity index (χ2n) is 15.2. The van der Waals surface area contributed by atoms with Gasteiger partial charge in [-0.05, 0) is 63.1 Å². The normalized spacial score (nSPS) is 22.2. The van der Waals surface area contributed by atoms with Crippen molar-refractivity contribution in [1.29, 1.82) is 0 Å². The molecule has 0 aromatic heterocycles. The predicted octanol–water partition coefficient (Wildman–Crippen LogP) is 0.551. The molecular formula is C41H59N7O8. The lowest BCUT2D eigenvalue weighted by Crippen LogP contribution is -2.72. The van der Waals surface area contributed by atoms with Crippen molar-refractivity contribution in [1.82, 2.24) is 30.7 Å². The Morgan fingerprint density at radius 3 is 2.18 bits per heavy atom. The number of fused-ring (bicyclic) bond motifs is 2. The minimum atomic E-state index is -0.992. The minimum absolute atomic E-state index is 0.0728. The van der Waals surface area contributed by atoms with Crippen LogP contribution in [-0.4, -0.2) is 151 Å². The van der Waals surface area contributed by atoms with Crippen molar-refractivity contribution >= 4 is 29.6 Å². The molecule has 3 saturated heterocycles. The van der Waals surface area contributed by atoms with E-state index in [1.807, 2.05) is 77.4 Å². The topological polar surface area (TPSA) is 196 Å². The van der Waals surface area contributed by atoms with Gasteiger partial charge < -0.3 is 46.1 Å². The Morgan fingerprint density at radius 1 is 0.875 bits per heavy atom. The van der Waals surface area contributed by atoms with E-state index in [9.17, 15) is 29.1 Å². The summed E-state index contributed by atoms with van der Waals surface area (Å²) in [6.07, 6.45) is 3.51. The van der Waals surface area contributed by atoms with Gasteiger partial charge in [-0.2, -0.15) is 0 Å². The molecule has 15 nitrogen and oxygen atoms in total. The lowest BCUT2D eigenvalue weighted by Gasteiger charge is -2.57. The number of nitrogens with zero attached hydrogens (tertiary/aromatic N) is 3. The second kappa shape index (κ2) is 21.2. The number of ether oxygens (including phenoxy) is 2. The SMILES string of the molecule is COCCOCCNCCCC[C@H](C(=O)N1C2CC1CN(CC(=O)O)C2)N1C(=O)[C@H](NC(=O)[C@@H](Cc2ccccc2)NC(=O)[C@H](N)Cc2ccccc2)CC1C. The Kier molecular flexibility index (Phi) is 16.2. The van der Waals surface area contributed by atoms with E-state index >= 15 is 0 Å². The van der Waals surface area contributed by atoms with Crippen LogP contribution >= 0.6 is 0 Å². The number of amides is 4. The number of rotatable bonds is 23. The van der Waals surface area contributed by atoms with Crippen molar-refractivity contribution in [2.24, 2.45) is 5.73 Å². The molecule has 4 amide bonds. The standard InChI is InChI=1S/C41H59N7O8/c1-28-21-35(45-39(52)34(23-30-13-7-4-8-14-30)44-38(51)33(42)22-29-11-5-3-6-12-29)40(53)47(28)36(15-9-10-16-43-17-18-56-20-19-55-2)41(54)48-31-24-32(48)26-46(25-31)27-37(49)50/h3-8,11-14,28,31-36,43H,9-10,15-27,42H2,1-2H3,(H,44,51)(H,45,52)(H,49,50)/t28?,31?,32?,33-,34-,35-,36-/m1/s1. The number of hydrogen-bond donors (Lipinski definition) is 5. The van der Waals surface area contributed by atoms with Gasteiger partial charge in [0.1, 0.15) is 18.1 Å². The zero-order chi connectivity index (χ0) is 40.0. The highest BCUT2D eigenvalue weighted by Gasteiger charge is 2.52. The fourth-order valence-corrected chi connectivity index (χ4v) is 8.14. The average Bonchev–Trinajstić information content (AvgIpc) is 3.44. The number of benzene rings is 2. The van der Waals surface area contributed by atoms with Crippen LogP contribution in [0.5, 0.6) is 0 Å². The van der Waals surface area contributed by atoms with Crippen LogP contribution in [0.15, 0.2) is 60.7 Å². The Balaban J connectivity index is 1.24. The molecule has 3 unspecified atom stereocenters. The van der Waals surface area contributed by atoms with E-state index in [1.165, 1.54) is 0 Å². The number of nitrogens with two attached hydrogens (primary N) is 1. The summed E-state index contributed by atoms with van der Waals surface area (Å²) >= 11 is 0. The Bertz CT molecular complexity index is 1590. The predicted molar refractivity (Wildman–Crippen MR) is 209 cm³/mol. The molecule has 3 fully saturated rings. The van der Waals surface area contributed by atoms with Gasteiger partial charge in [0, 0.05) is 51.3 Å². The van der Waals surface area contributed by atoms with Gasteiger partial charge in [0.15, 0.2) is 0 Å². The van der Waals surface area contributed by atoms with Crippen LogP contribution in [0.25, 0.3) is 0 Å². The summed E-state index contributed by atoms with van der Waals surface area (Å²) in [5.74, 6) is -2.34. The van der Waals surface area contributed by atoms with E-state index < -0.39 is 42.0 Å². The van der Waals surface area contributed by atoms with E-state index in [0.29, 0.717) is 65.1 Å². The highest BCUT2D eigenvalue weighted by molar-refractivity contribution is 5.96. The van der Waals surface area contributed by atoms with Gasteiger partial charge in [0.25, 0.3) is 0 Å². The van der Waals surface area contributed by atoms with Crippen molar-refractivity contribution in [3.05, 3.63) is 71.8 Å². The summed E-state index contributed by atoms with van der Waals surface area (Å²) in [6.45, 7) is 5.81. The summed E-state index contributed by atoms with van der Waals surface area (Å²) < 4.78 is 10.5. The smallest absolute Gasteiger partial charge is 0.317 e. The zero-order valence-electron chi connectivity index (χ0n) is 32.6. The Morgan fingerprint density at radius 2 is 1.54 bits per heavy atom. The van der Waals surface area contributed by atoms with Crippen molar-refractivity contribution in [2.45, 2.75) is 94.2 Å². The van der Waals surface area contributed by atoms with Gasteiger partial charge in [0.2, 0.25) is 23.6 Å². The number of piperazine rings is 1. The molecule has 306 valence electrons. The molecule has 0 saturated carbocycles. The van der Waals surface area contributed by atoms with Crippen molar-refractivity contribution < 1.29 is 38.6 Å². The highest BCUT2D eigenvalue weighted by Crippen LogP contribution is 2.35. The third-order valence-electron chi connectivity index (χ3n) is 10.9. The zero-order valence-corrected chi connectivity index (χ0v) is 32.6. The molecule has 5 rings (SSSR count).